The first-order valence-electron chi connectivity index (χ1n) is 8.04. The monoisotopic (exact) mass is 334 g/mol. The first-order valence-corrected chi connectivity index (χ1v) is 8.92. The highest BCUT2D eigenvalue weighted by Gasteiger charge is 2.17. The van der Waals surface area contributed by atoms with Crippen LogP contribution in [0.15, 0.2) is 29.6 Å². The number of nitrogens with one attached hydrogen (secondary N) is 2. The molecule has 126 valence electrons. The molecule has 2 rings (SSSR count). The summed E-state index contributed by atoms with van der Waals surface area (Å²) in [6.45, 7) is 9.07. The predicted octanol–water partition coefficient (Wildman–Crippen LogP) is 4.29. The van der Waals surface area contributed by atoms with Gasteiger partial charge in [-0.3, -0.25) is 0 Å². The summed E-state index contributed by atoms with van der Waals surface area (Å²) in [6.07, 6.45) is 0.580. The van der Waals surface area contributed by atoms with Crippen LogP contribution in [0.2, 0.25) is 0 Å². The van der Waals surface area contributed by atoms with Crippen LogP contribution in [0.4, 0.5) is 4.79 Å². The minimum absolute atomic E-state index is 0.223. The second-order valence-electron chi connectivity index (χ2n) is 6.63. The Hall–Kier alpha value is -1.59. The maximum absolute atomic E-state index is 11.7. The molecule has 4 nitrogen and oxygen atoms in total. The lowest BCUT2D eigenvalue weighted by atomic mass is 10.1. The molecular weight excluding hydrogens is 308 g/mol. The molecule has 0 fully saturated rings. The number of hydrogen-bond donors (Lipinski definition) is 2. The van der Waals surface area contributed by atoms with Gasteiger partial charge in [0.15, 0.2) is 0 Å². The number of hydrogen-bond acceptors (Lipinski definition) is 4. The standard InChI is InChI=1S/C18H26N2O2S/c1-5-14(11-20-17(21)22-18(2,3)4)19-10-13-12-23-16-9-7-6-8-15(13)16/h6-9,12,14,19H,5,10-11H2,1-4H3,(H,20,21). The largest absolute Gasteiger partial charge is 0.444 e. The quantitative estimate of drug-likeness (QED) is 0.828. The SMILES string of the molecule is CCC(CNC(=O)OC(C)(C)C)NCc1csc2ccccc12. The Morgan fingerprint density at radius 1 is 1.30 bits per heavy atom. The van der Waals surface area contributed by atoms with Crippen LogP contribution in [-0.4, -0.2) is 24.3 Å². The Balaban J connectivity index is 1.84. The zero-order valence-corrected chi connectivity index (χ0v) is 15.1. The summed E-state index contributed by atoms with van der Waals surface area (Å²) in [5, 5.41) is 9.86. The summed E-state index contributed by atoms with van der Waals surface area (Å²) in [4.78, 5) is 11.7. The van der Waals surface area contributed by atoms with Gasteiger partial charge in [-0.15, -0.1) is 11.3 Å². The van der Waals surface area contributed by atoms with Gasteiger partial charge in [-0.05, 0) is 49.6 Å². The van der Waals surface area contributed by atoms with Gasteiger partial charge in [0.2, 0.25) is 0 Å². The number of thiophene rings is 1. The number of carbonyl (C=O) groups excluding carboxylic acids is 1. The topological polar surface area (TPSA) is 50.4 Å². The normalized spacial score (nSPS) is 13.0. The van der Waals surface area contributed by atoms with Crippen molar-refractivity contribution in [2.24, 2.45) is 0 Å². The van der Waals surface area contributed by atoms with Crippen LogP contribution in [0.3, 0.4) is 0 Å². The number of carbonyl (C=O) groups is 1. The zero-order chi connectivity index (χ0) is 16.9. The third kappa shape index (κ3) is 5.52. The van der Waals surface area contributed by atoms with Crippen molar-refractivity contribution < 1.29 is 9.53 Å². The molecule has 1 aromatic heterocycles. The highest BCUT2D eigenvalue weighted by molar-refractivity contribution is 7.17. The van der Waals surface area contributed by atoms with Gasteiger partial charge in [0, 0.05) is 23.8 Å². The molecule has 2 aromatic rings. The van der Waals surface area contributed by atoms with Crippen molar-refractivity contribution in [1.29, 1.82) is 0 Å². The molecule has 0 saturated heterocycles. The molecule has 23 heavy (non-hydrogen) atoms. The summed E-state index contributed by atoms with van der Waals surface area (Å²) in [5.74, 6) is 0. The van der Waals surface area contributed by atoms with E-state index in [1.807, 2.05) is 20.8 Å². The molecular formula is C18H26N2O2S. The van der Waals surface area contributed by atoms with Crippen molar-refractivity contribution in [3.05, 3.63) is 35.2 Å². The molecule has 0 bridgehead atoms. The Morgan fingerprint density at radius 2 is 2.04 bits per heavy atom. The summed E-state index contributed by atoms with van der Waals surface area (Å²) >= 11 is 1.77. The van der Waals surface area contributed by atoms with E-state index in [4.69, 9.17) is 4.74 Å². The lowest BCUT2D eigenvalue weighted by Gasteiger charge is -2.22. The molecule has 0 aliphatic heterocycles. The number of amides is 1. The Morgan fingerprint density at radius 3 is 2.74 bits per heavy atom. The lowest BCUT2D eigenvalue weighted by Crippen LogP contribution is -2.42. The number of rotatable bonds is 6. The third-order valence-electron chi connectivity index (χ3n) is 3.53. The van der Waals surface area contributed by atoms with Crippen LogP contribution in [0.25, 0.3) is 10.1 Å². The van der Waals surface area contributed by atoms with Gasteiger partial charge >= 0.3 is 6.09 Å². The molecule has 1 amide bonds. The van der Waals surface area contributed by atoms with Crippen molar-refractivity contribution in [3.63, 3.8) is 0 Å². The average molecular weight is 334 g/mol. The highest BCUT2D eigenvalue weighted by atomic mass is 32.1. The van der Waals surface area contributed by atoms with E-state index >= 15 is 0 Å². The molecule has 1 atom stereocenters. The molecule has 1 unspecified atom stereocenters. The van der Waals surface area contributed by atoms with Gasteiger partial charge < -0.3 is 15.4 Å². The van der Waals surface area contributed by atoms with E-state index in [0.717, 1.165) is 13.0 Å². The number of alkyl carbamates (subject to hydrolysis) is 1. The summed E-state index contributed by atoms with van der Waals surface area (Å²) in [6, 6.07) is 8.66. The average Bonchev–Trinajstić information content (AvgIpc) is 2.89. The van der Waals surface area contributed by atoms with Crippen LogP contribution in [0, 0.1) is 0 Å². The fourth-order valence-corrected chi connectivity index (χ4v) is 3.27. The first kappa shape index (κ1) is 17.8. The van der Waals surface area contributed by atoms with E-state index in [-0.39, 0.29) is 12.1 Å². The molecule has 0 saturated carbocycles. The first-order chi connectivity index (χ1) is 10.9. The van der Waals surface area contributed by atoms with Crippen molar-refractivity contribution in [3.8, 4) is 0 Å². The van der Waals surface area contributed by atoms with Crippen molar-refractivity contribution in [1.82, 2.24) is 10.6 Å². The molecule has 1 aromatic carbocycles. The maximum atomic E-state index is 11.7. The van der Waals surface area contributed by atoms with Gasteiger partial charge in [-0.1, -0.05) is 25.1 Å². The Labute approximate surface area is 142 Å². The van der Waals surface area contributed by atoms with E-state index in [9.17, 15) is 4.79 Å². The van der Waals surface area contributed by atoms with E-state index in [1.54, 1.807) is 11.3 Å². The molecule has 0 aliphatic carbocycles. The van der Waals surface area contributed by atoms with Crippen molar-refractivity contribution in [2.75, 3.05) is 6.54 Å². The molecule has 2 N–H and O–H groups in total. The number of ether oxygens (including phenoxy) is 1. The van der Waals surface area contributed by atoms with E-state index < -0.39 is 5.60 Å². The smallest absolute Gasteiger partial charge is 0.407 e. The van der Waals surface area contributed by atoms with Gasteiger partial charge in [-0.25, -0.2) is 4.79 Å². The van der Waals surface area contributed by atoms with Crippen LogP contribution in [0.1, 0.15) is 39.7 Å². The zero-order valence-electron chi connectivity index (χ0n) is 14.3. The minimum Gasteiger partial charge on any atom is -0.444 e. The molecule has 0 aliphatic rings. The van der Waals surface area contributed by atoms with E-state index in [0.29, 0.717) is 6.54 Å². The van der Waals surface area contributed by atoms with Gasteiger partial charge in [0.25, 0.3) is 0 Å². The molecule has 5 heteroatoms. The van der Waals surface area contributed by atoms with Crippen molar-refractivity contribution >= 4 is 27.5 Å². The van der Waals surface area contributed by atoms with Crippen LogP contribution < -0.4 is 10.6 Å². The van der Waals surface area contributed by atoms with Crippen LogP contribution >= 0.6 is 11.3 Å². The van der Waals surface area contributed by atoms with E-state index in [2.05, 4.69) is 47.2 Å². The second kappa shape index (κ2) is 7.79. The molecule has 0 spiro atoms. The van der Waals surface area contributed by atoms with Crippen LogP contribution in [-0.2, 0) is 11.3 Å². The fraction of sp³-hybridized carbons (Fsp3) is 0.500. The minimum atomic E-state index is -0.463. The predicted molar refractivity (Wildman–Crippen MR) is 97.0 cm³/mol. The van der Waals surface area contributed by atoms with Crippen molar-refractivity contribution in [2.45, 2.75) is 52.3 Å². The van der Waals surface area contributed by atoms with Gasteiger partial charge in [0.1, 0.15) is 5.60 Å². The van der Waals surface area contributed by atoms with E-state index in [1.165, 1.54) is 15.6 Å². The molecule has 0 radical (unpaired) electrons. The third-order valence-corrected chi connectivity index (χ3v) is 4.54. The fourth-order valence-electron chi connectivity index (χ4n) is 2.31. The van der Waals surface area contributed by atoms with Crippen LogP contribution in [0.5, 0.6) is 0 Å². The highest BCUT2D eigenvalue weighted by Crippen LogP contribution is 2.25. The summed E-state index contributed by atoms with van der Waals surface area (Å²) in [5.41, 5.74) is 0.843. The Bertz CT molecular complexity index is 646. The summed E-state index contributed by atoms with van der Waals surface area (Å²) < 4.78 is 6.57. The number of fused-ring (bicyclic) bond motifs is 1. The maximum Gasteiger partial charge on any atom is 0.407 e. The lowest BCUT2D eigenvalue weighted by molar-refractivity contribution is 0.0522. The molecule has 1 heterocycles. The number of benzene rings is 1. The summed E-state index contributed by atoms with van der Waals surface area (Å²) in [7, 11) is 0. The van der Waals surface area contributed by atoms with Gasteiger partial charge in [0.05, 0.1) is 0 Å². The second-order valence-corrected chi connectivity index (χ2v) is 7.54. The van der Waals surface area contributed by atoms with Gasteiger partial charge in [-0.2, -0.15) is 0 Å². The Kier molecular flexibility index (Phi) is 6.02.